The van der Waals surface area contributed by atoms with Gasteiger partial charge in [0.1, 0.15) is 5.75 Å². The maximum absolute atomic E-state index is 13.6. The van der Waals surface area contributed by atoms with E-state index in [0.717, 1.165) is 43.5 Å². The van der Waals surface area contributed by atoms with Gasteiger partial charge in [0.2, 0.25) is 0 Å². The SMILES string of the molecule is COc1ccc(/C=C2\C=C(c3ccccc3)N(c3ccc4ccccc4c3)C2=O)cc1Br. The lowest BCUT2D eigenvalue weighted by molar-refractivity contribution is -0.113. The molecule has 0 aromatic heterocycles. The largest absolute Gasteiger partial charge is 0.496 e. The van der Waals surface area contributed by atoms with Crippen molar-refractivity contribution < 1.29 is 9.53 Å². The molecule has 0 bridgehead atoms. The molecule has 0 unspecified atom stereocenters. The molecule has 1 heterocycles. The fourth-order valence-corrected chi connectivity index (χ4v) is 4.52. The Morgan fingerprint density at radius 3 is 2.34 bits per heavy atom. The van der Waals surface area contributed by atoms with Crippen LogP contribution in [0.1, 0.15) is 11.1 Å². The smallest absolute Gasteiger partial charge is 0.262 e. The second-order valence-electron chi connectivity index (χ2n) is 7.56. The monoisotopic (exact) mass is 481 g/mol. The van der Waals surface area contributed by atoms with Gasteiger partial charge < -0.3 is 4.74 Å². The Balaban J connectivity index is 1.62. The first-order valence-electron chi connectivity index (χ1n) is 10.3. The van der Waals surface area contributed by atoms with Crippen LogP contribution in [0.3, 0.4) is 0 Å². The minimum atomic E-state index is -0.0499. The van der Waals surface area contributed by atoms with Crippen molar-refractivity contribution in [3.8, 4) is 5.75 Å². The van der Waals surface area contributed by atoms with Crippen LogP contribution >= 0.6 is 15.9 Å². The van der Waals surface area contributed by atoms with Gasteiger partial charge in [-0.2, -0.15) is 0 Å². The molecule has 1 aliphatic rings. The molecule has 0 radical (unpaired) electrons. The lowest BCUT2D eigenvalue weighted by Gasteiger charge is -2.21. The van der Waals surface area contributed by atoms with Crippen LogP contribution in [0.2, 0.25) is 0 Å². The van der Waals surface area contributed by atoms with E-state index in [9.17, 15) is 4.79 Å². The highest BCUT2D eigenvalue weighted by molar-refractivity contribution is 9.10. The number of anilines is 1. The zero-order chi connectivity index (χ0) is 22.1. The Bertz CT molecular complexity index is 1390. The molecule has 32 heavy (non-hydrogen) atoms. The van der Waals surface area contributed by atoms with Gasteiger partial charge in [-0.3, -0.25) is 9.69 Å². The van der Waals surface area contributed by atoms with Gasteiger partial charge in [-0.1, -0.05) is 66.7 Å². The summed E-state index contributed by atoms with van der Waals surface area (Å²) in [4.78, 5) is 15.4. The lowest BCUT2D eigenvalue weighted by Crippen LogP contribution is -2.24. The highest BCUT2D eigenvalue weighted by Crippen LogP contribution is 2.37. The quantitative estimate of drug-likeness (QED) is 0.291. The molecule has 4 aromatic rings. The van der Waals surface area contributed by atoms with Crippen molar-refractivity contribution in [1.82, 2.24) is 0 Å². The summed E-state index contributed by atoms with van der Waals surface area (Å²) in [5.41, 5.74) is 4.26. The molecule has 4 aromatic carbocycles. The predicted octanol–water partition coefficient (Wildman–Crippen LogP) is 7.08. The second-order valence-corrected chi connectivity index (χ2v) is 8.42. The van der Waals surface area contributed by atoms with Crippen LogP contribution in [0, 0.1) is 0 Å². The van der Waals surface area contributed by atoms with Crippen molar-refractivity contribution in [3.63, 3.8) is 0 Å². The van der Waals surface area contributed by atoms with Crippen LogP contribution in [-0.4, -0.2) is 13.0 Å². The van der Waals surface area contributed by atoms with Crippen molar-refractivity contribution in [3.05, 3.63) is 118 Å². The van der Waals surface area contributed by atoms with E-state index in [1.807, 2.05) is 78.9 Å². The Morgan fingerprint density at radius 2 is 1.59 bits per heavy atom. The first-order chi connectivity index (χ1) is 15.6. The Labute approximate surface area is 195 Å². The average molecular weight is 482 g/mol. The highest BCUT2D eigenvalue weighted by atomic mass is 79.9. The van der Waals surface area contributed by atoms with E-state index in [1.165, 1.54) is 0 Å². The molecule has 5 rings (SSSR count). The third kappa shape index (κ3) is 3.74. The van der Waals surface area contributed by atoms with E-state index in [0.29, 0.717) is 5.57 Å². The van der Waals surface area contributed by atoms with Crippen molar-refractivity contribution >= 4 is 50.1 Å². The molecule has 0 N–H and O–H groups in total. The first-order valence-corrected chi connectivity index (χ1v) is 11.1. The standard InChI is InChI=1S/C28H20BrNO2/c1-32-27-14-11-19(16-25(27)29)15-23-18-26(21-8-3-2-4-9-21)30(28(23)31)24-13-12-20-7-5-6-10-22(20)17-24/h2-18H,1H3/b23-15+. The summed E-state index contributed by atoms with van der Waals surface area (Å²) < 4.78 is 6.17. The fraction of sp³-hybridized carbons (Fsp3) is 0.0357. The topological polar surface area (TPSA) is 29.5 Å². The van der Waals surface area contributed by atoms with Gasteiger partial charge in [0.25, 0.3) is 5.91 Å². The molecule has 0 aliphatic carbocycles. The van der Waals surface area contributed by atoms with Crippen molar-refractivity contribution in [2.75, 3.05) is 12.0 Å². The van der Waals surface area contributed by atoms with Crippen LogP contribution in [0.15, 0.2) is 107 Å². The third-order valence-electron chi connectivity index (χ3n) is 5.54. The minimum absolute atomic E-state index is 0.0499. The number of carbonyl (C=O) groups is 1. The molecule has 0 saturated heterocycles. The second kappa shape index (κ2) is 8.48. The number of amides is 1. The number of ether oxygens (including phenoxy) is 1. The van der Waals surface area contributed by atoms with Crippen LogP contribution in [0.4, 0.5) is 5.69 Å². The molecule has 0 spiro atoms. The van der Waals surface area contributed by atoms with Crippen LogP contribution in [-0.2, 0) is 4.79 Å². The summed E-state index contributed by atoms with van der Waals surface area (Å²) >= 11 is 3.53. The molecular formula is C28H20BrNO2. The molecule has 0 saturated carbocycles. The number of hydrogen-bond acceptors (Lipinski definition) is 2. The number of methoxy groups -OCH3 is 1. The van der Waals surface area contributed by atoms with Crippen LogP contribution in [0.5, 0.6) is 5.75 Å². The predicted molar refractivity (Wildman–Crippen MR) is 135 cm³/mol. The van der Waals surface area contributed by atoms with E-state index in [4.69, 9.17) is 4.74 Å². The summed E-state index contributed by atoms with van der Waals surface area (Å²) in [6.45, 7) is 0. The Morgan fingerprint density at radius 1 is 0.844 bits per heavy atom. The normalized spacial score (nSPS) is 14.8. The van der Waals surface area contributed by atoms with E-state index >= 15 is 0 Å². The summed E-state index contributed by atoms with van der Waals surface area (Å²) in [6.07, 6.45) is 3.88. The van der Waals surface area contributed by atoms with Gasteiger partial charge in [0, 0.05) is 11.3 Å². The average Bonchev–Trinajstić information content (AvgIpc) is 3.15. The van der Waals surface area contributed by atoms with Gasteiger partial charge in [-0.15, -0.1) is 0 Å². The van der Waals surface area contributed by atoms with Gasteiger partial charge in [-0.05, 0) is 74.2 Å². The molecule has 1 aliphatic heterocycles. The Hall–Kier alpha value is -3.63. The van der Waals surface area contributed by atoms with Crippen LogP contribution in [0.25, 0.3) is 22.5 Å². The molecule has 1 amide bonds. The number of fused-ring (bicyclic) bond motifs is 1. The van der Waals surface area contributed by atoms with E-state index in [1.54, 1.807) is 12.0 Å². The molecule has 0 fully saturated rings. The Kier molecular flexibility index (Phi) is 5.38. The lowest BCUT2D eigenvalue weighted by atomic mass is 10.1. The zero-order valence-electron chi connectivity index (χ0n) is 17.5. The van der Waals surface area contributed by atoms with E-state index in [2.05, 4.69) is 40.2 Å². The molecular weight excluding hydrogens is 462 g/mol. The molecule has 3 nitrogen and oxygen atoms in total. The van der Waals surface area contributed by atoms with Gasteiger partial charge >= 0.3 is 0 Å². The van der Waals surface area contributed by atoms with Crippen LogP contribution < -0.4 is 9.64 Å². The van der Waals surface area contributed by atoms with E-state index in [-0.39, 0.29) is 5.91 Å². The molecule has 0 atom stereocenters. The fourth-order valence-electron chi connectivity index (χ4n) is 3.96. The molecule has 156 valence electrons. The van der Waals surface area contributed by atoms with Gasteiger partial charge in [0.05, 0.1) is 17.3 Å². The summed E-state index contributed by atoms with van der Waals surface area (Å²) in [5, 5.41) is 2.24. The summed E-state index contributed by atoms with van der Waals surface area (Å²) in [5.74, 6) is 0.703. The summed E-state index contributed by atoms with van der Waals surface area (Å²) in [7, 11) is 1.63. The molecule has 4 heteroatoms. The first kappa shape index (κ1) is 20.3. The minimum Gasteiger partial charge on any atom is -0.496 e. The van der Waals surface area contributed by atoms with Gasteiger partial charge in [-0.25, -0.2) is 0 Å². The third-order valence-corrected chi connectivity index (χ3v) is 6.16. The number of nitrogens with zero attached hydrogens (tertiary/aromatic N) is 1. The maximum atomic E-state index is 13.6. The number of rotatable bonds is 4. The number of benzene rings is 4. The number of halogens is 1. The highest BCUT2D eigenvalue weighted by Gasteiger charge is 2.30. The summed E-state index contributed by atoms with van der Waals surface area (Å²) in [6, 6.07) is 30.1. The van der Waals surface area contributed by atoms with Crippen molar-refractivity contribution in [2.45, 2.75) is 0 Å². The van der Waals surface area contributed by atoms with Crippen molar-refractivity contribution in [2.24, 2.45) is 0 Å². The maximum Gasteiger partial charge on any atom is 0.262 e. The zero-order valence-corrected chi connectivity index (χ0v) is 19.0. The number of hydrogen-bond donors (Lipinski definition) is 0. The van der Waals surface area contributed by atoms with Crippen molar-refractivity contribution in [1.29, 1.82) is 0 Å². The van der Waals surface area contributed by atoms with E-state index < -0.39 is 0 Å². The number of carbonyl (C=O) groups excluding carboxylic acids is 1. The van der Waals surface area contributed by atoms with Gasteiger partial charge in [0.15, 0.2) is 0 Å².